The molecule has 0 aliphatic heterocycles. The minimum Gasteiger partial charge on any atom is -0.481 e. The number of carbonyl (C=O) groups excluding carboxylic acids is 4. The van der Waals surface area contributed by atoms with Crippen molar-refractivity contribution >= 4 is 35.6 Å². The summed E-state index contributed by atoms with van der Waals surface area (Å²) in [6.07, 6.45) is 0.203. The Kier molecular flexibility index (Phi) is 14.0. The van der Waals surface area contributed by atoms with Gasteiger partial charge in [-0.2, -0.15) is 0 Å². The van der Waals surface area contributed by atoms with Gasteiger partial charge in [0.25, 0.3) is 0 Å². The Morgan fingerprint density at radius 2 is 1.39 bits per heavy atom. The van der Waals surface area contributed by atoms with E-state index in [9.17, 15) is 33.9 Å². The average molecular weight is 475 g/mol. The Bertz CT molecular complexity index is 716. The third-order valence-corrected chi connectivity index (χ3v) is 4.63. The van der Waals surface area contributed by atoms with E-state index < -0.39 is 66.2 Å². The number of carboxylic acid groups (broad SMARTS) is 2. The second-order valence-electron chi connectivity index (χ2n) is 7.52. The monoisotopic (exact) mass is 474 g/mol. The topological polar surface area (TPSA) is 257 Å². The summed E-state index contributed by atoms with van der Waals surface area (Å²) in [6.45, 7) is 1.70. The maximum absolute atomic E-state index is 12.6. The summed E-state index contributed by atoms with van der Waals surface area (Å²) in [4.78, 5) is 70.1. The molecule has 0 aromatic carbocycles. The van der Waals surface area contributed by atoms with E-state index in [-0.39, 0.29) is 25.7 Å². The average Bonchev–Trinajstić information content (AvgIpc) is 2.73. The number of amides is 4. The minimum absolute atomic E-state index is 0.00740. The first-order valence-electron chi connectivity index (χ1n) is 10.5. The van der Waals surface area contributed by atoms with Gasteiger partial charge in [0.05, 0.1) is 6.04 Å². The lowest BCUT2D eigenvalue weighted by Crippen LogP contribution is -2.56. The smallest absolute Gasteiger partial charge is 0.326 e. The largest absolute Gasteiger partial charge is 0.481 e. The first-order chi connectivity index (χ1) is 15.4. The van der Waals surface area contributed by atoms with E-state index in [1.807, 2.05) is 0 Å². The minimum atomic E-state index is -1.46. The molecule has 0 fully saturated rings. The predicted molar refractivity (Wildman–Crippen MR) is 115 cm³/mol. The highest BCUT2D eigenvalue weighted by atomic mass is 16.4. The first-order valence-corrected chi connectivity index (χ1v) is 10.5. The summed E-state index contributed by atoms with van der Waals surface area (Å²) in [6, 6.07) is -4.76. The Hall–Kier alpha value is -3.26. The molecular weight excluding hydrogens is 440 g/mol. The molecule has 4 atom stereocenters. The van der Waals surface area contributed by atoms with Crippen LogP contribution in [0.4, 0.5) is 0 Å². The van der Waals surface area contributed by atoms with Crippen molar-refractivity contribution in [3.8, 4) is 0 Å². The number of hydrogen-bond acceptors (Lipinski definition) is 8. The van der Waals surface area contributed by atoms with Crippen LogP contribution in [-0.4, -0.2) is 76.5 Å². The first kappa shape index (κ1) is 29.7. The van der Waals surface area contributed by atoms with E-state index in [1.165, 1.54) is 6.92 Å². The molecule has 11 N–H and O–H groups in total. The van der Waals surface area contributed by atoms with Gasteiger partial charge in [-0.05, 0) is 45.6 Å². The molecule has 0 bridgehead atoms. The normalized spacial score (nSPS) is 14.3. The molecule has 0 rings (SSSR count). The van der Waals surface area contributed by atoms with Crippen LogP contribution in [0.15, 0.2) is 0 Å². The van der Waals surface area contributed by atoms with Crippen molar-refractivity contribution in [3.63, 3.8) is 0 Å². The summed E-state index contributed by atoms with van der Waals surface area (Å²) < 4.78 is 0. The molecule has 4 amide bonds. The molecule has 0 aliphatic rings. The van der Waals surface area contributed by atoms with Crippen LogP contribution in [0.5, 0.6) is 0 Å². The van der Waals surface area contributed by atoms with Crippen molar-refractivity contribution in [2.45, 2.75) is 76.0 Å². The number of aliphatic carboxylic acids is 2. The van der Waals surface area contributed by atoms with Crippen molar-refractivity contribution in [2.75, 3.05) is 6.54 Å². The molecule has 14 heteroatoms. The van der Waals surface area contributed by atoms with Crippen LogP contribution >= 0.6 is 0 Å². The fraction of sp³-hybridized carbons (Fsp3) is 0.684. The number of nitrogens with one attached hydrogen (secondary N) is 3. The maximum atomic E-state index is 12.6. The van der Waals surface area contributed by atoms with Crippen LogP contribution in [0, 0.1) is 0 Å². The second kappa shape index (κ2) is 15.5. The Balaban J connectivity index is 5.11. The molecule has 0 aliphatic carbocycles. The lowest BCUT2D eigenvalue weighted by molar-refractivity contribution is -0.143. The molecule has 0 aromatic heterocycles. The van der Waals surface area contributed by atoms with Crippen LogP contribution in [0.25, 0.3) is 0 Å². The Morgan fingerprint density at radius 1 is 0.788 bits per heavy atom. The summed E-state index contributed by atoms with van der Waals surface area (Å²) in [7, 11) is 0. The maximum Gasteiger partial charge on any atom is 0.326 e. The van der Waals surface area contributed by atoms with E-state index in [2.05, 4.69) is 16.0 Å². The van der Waals surface area contributed by atoms with Crippen LogP contribution in [0.1, 0.15) is 51.9 Å². The van der Waals surface area contributed by atoms with E-state index in [1.54, 1.807) is 0 Å². The molecule has 0 heterocycles. The molecule has 188 valence electrons. The number of primary amides is 1. The highest BCUT2D eigenvalue weighted by Gasteiger charge is 2.28. The van der Waals surface area contributed by atoms with Crippen LogP contribution < -0.4 is 33.2 Å². The van der Waals surface area contributed by atoms with Crippen molar-refractivity contribution in [1.29, 1.82) is 0 Å². The zero-order valence-electron chi connectivity index (χ0n) is 18.5. The number of nitrogens with two attached hydrogens (primary N) is 3. The molecule has 0 saturated carbocycles. The number of carbonyl (C=O) groups is 6. The zero-order valence-corrected chi connectivity index (χ0v) is 18.5. The molecular formula is C19H34N6O8. The quantitative estimate of drug-likeness (QED) is 0.0999. The number of rotatable bonds is 17. The van der Waals surface area contributed by atoms with Crippen LogP contribution in [0.3, 0.4) is 0 Å². The van der Waals surface area contributed by atoms with Crippen molar-refractivity contribution in [2.24, 2.45) is 17.2 Å². The highest BCUT2D eigenvalue weighted by Crippen LogP contribution is 2.05. The Labute approximate surface area is 191 Å². The lowest BCUT2D eigenvalue weighted by Gasteiger charge is -2.23. The van der Waals surface area contributed by atoms with E-state index in [0.29, 0.717) is 19.4 Å². The molecule has 0 aromatic rings. The van der Waals surface area contributed by atoms with Gasteiger partial charge in [0.1, 0.15) is 18.1 Å². The van der Waals surface area contributed by atoms with Crippen molar-refractivity contribution < 1.29 is 39.0 Å². The summed E-state index contributed by atoms with van der Waals surface area (Å²) in [5.74, 6) is -5.49. The molecule has 0 spiro atoms. The SMILES string of the molecule is CC(NC(=O)C(N)CCC(N)=O)C(=O)NC(CCCCN)C(=O)NC(CCC(=O)O)C(=O)O. The van der Waals surface area contributed by atoms with Gasteiger partial charge < -0.3 is 43.4 Å². The van der Waals surface area contributed by atoms with Gasteiger partial charge in [0.2, 0.25) is 23.6 Å². The Morgan fingerprint density at radius 3 is 1.91 bits per heavy atom. The van der Waals surface area contributed by atoms with Gasteiger partial charge >= 0.3 is 11.9 Å². The van der Waals surface area contributed by atoms with E-state index in [0.717, 1.165) is 0 Å². The van der Waals surface area contributed by atoms with Gasteiger partial charge in [-0.15, -0.1) is 0 Å². The molecule has 0 saturated heterocycles. The predicted octanol–water partition coefficient (Wildman–Crippen LogP) is -2.87. The second-order valence-corrected chi connectivity index (χ2v) is 7.52. The van der Waals surface area contributed by atoms with Gasteiger partial charge in [-0.3, -0.25) is 24.0 Å². The third kappa shape index (κ3) is 13.0. The standard InChI is InChI=1S/C19H34N6O8/c1-10(23-17(30)11(21)5-7-14(22)26)16(29)24-12(4-2-3-9-20)18(31)25-13(19(32)33)6-8-15(27)28/h10-13H,2-9,20-21H2,1H3,(H2,22,26)(H,23,30)(H,24,29)(H,25,31)(H,27,28)(H,32,33). The van der Waals surface area contributed by atoms with Gasteiger partial charge in [-0.1, -0.05) is 0 Å². The van der Waals surface area contributed by atoms with Crippen LogP contribution in [-0.2, 0) is 28.8 Å². The molecule has 4 unspecified atom stereocenters. The summed E-state index contributed by atoms with van der Waals surface area (Å²) >= 11 is 0. The fourth-order valence-corrected chi connectivity index (χ4v) is 2.67. The van der Waals surface area contributed by atoms with Gasteiger partial charge in [-0.25, -0.2) is 4.79 Å². The van der Waals surface area contributed by atoms with Crippen molar-refractivity contribution in [3.05, 3.63) is 0 Å². The summed E-state index contributed by atoms with van der Waals surface area (Å²) in [5, 5.41) is 25.0. The van der Waals surface area contributed by atoms with Crippen LogP contribution in [0.2, 0.25) is 0 Å². The molecule has 14 nitrogen and oxygen atoms in total. The van der Waals surface area contributed by atoms with Gasteiger partial charge in [0, 0.05) is 12.8 Å². The number of carboxylic acids is 2. The fourth-order valence-electron chi connectivity index (χ4n) is 2.67. The van der Waals surface area contributed by atoms with E-state index in [4.69, 9.17) is 22.3 Å². The van der Waals surface area contributed by atoms with E-state index >= 15 is 0 Å². The molecule has 33 heavy (non-hydrogen) atoms. The number of hydrogen-bond donors (Lipinski definition) is 8. The highest BCUT2D eigenvalue weighted by molar-refractivity contribution is 5.94. The number of unbranched alkanes of at least 4 members (excludes halogenated alkanes) is 1. The third-order valence-electron chi connectivity index (χ3n) is 4.63. The lowest BCUT2D eigenvalue weighted by atomic mass is 10.1. The zero-order chi connectivity index (χ0) is 25.6. The summed E-state index contributed by atoms with van der Waals surface area (Å²) in [5.41, 5.74) is 16.1. The van der Waals surface area contributed by atoms with Crippen molar-refractivity contribution in [1.82, 2.24) is 16.0 Å². The van der Waals surface area contributed by atoms with Gasteiger partial charge in [0.15, 0.2) is 0 Å². The molecule has 0 radical (unpaired) electrons.